The zero-order chi connectivity index (χ0) is 20.8. The van der Waals surface area contributed by atoms with Crippen LogP contribution in [0.1, 0.15) is 28.9 Å². The van der Waals surface area contributed by atoms with Gasteiger partial charge < -0.3 is 24.2 Å². The highest BCUT2D eigenvalue weighted by molar-refractivity contribution is 6.08. The summed E-state index contributed by atoms with van der Waals surface area (Å²) in [5.41, 5.74) is 1.90. The summed E-state index contributed by atoms with van der Waals surface area (Å²) in [6.45, 7) is 4.16. The molecule has 1 aromatic heterocycles. The Balaban J connectivity index is 1.59. The number of hydrogen-bond donors (Lipinski definition) is 2. The van der Waals surface area contributed by atoms with Crippen molar-refractivity contribution in [2.24, 2.45) is 0 Å². The Morgan fingerprint density at radius 1 is 1.31 bits per heavy atom. The Kier molecular flexibility index (Phi) is 5.10. The van der Waals surface area contributed by atoms with E-state index in [4.69, 9.17) is 4.74 Å². The van der Waals surface area contributed by atoms with Crippen LogP contribution in [0.25, 0.3) is 10.9 Å². The van der Waals surface area contributed by atoms with Crippen LogP contribution in [0.4, 0.5) is 0 Å². The molecule has 8 nitrogen and oxygen atoms in total. The van der Waals surface area contributed by atoms with Crippen molar-refractivity contribution in [2.45, 2.75) is 38.2 Å². The van der Waals surface area contributed by atoms with Gasteiger partial charge in [0.05, 0.1) is 12.2 Å². The molecule has 2 amide bonds. The number of aromatic nitrogens is 1. The van der Waals surface area contributed by atoms with Crippen LogP contribution in [-0.2, 0) is 16.1 Å². The first-order valence-electron chi connectivity index (χ1n) is 9.99. The van der Waals surface area contributed by atoms with E-state index >= 15 is 0 Å². The molecule has 1 aromatic carbocycles. The van der Waals surface area contributed by atoms with Crippen molar-refractivity contribution >= 4 is 22.7 Å². The second-order valence-corrected chi connectivity index (χ2v) is 7.93. The fourth-order valence-corrected chi connectivity index (χ4v) is 4.63. The molecule has 2 fully saturated rings. The number of fused-ring (bicyclic) bond motifs is 1. The number of benzene rings is 1. The molecule has 8 heteroatoms. The van der Waals surface area contributed by atoms with Gasteiger partial charge in [-0.15, -0.1) is 0 Å². The number of likely N-dealkylation sites (tertiary alicyclic amines) is 1. The second kappa shape index (κ2) is 7.44. The zero-order valence-corrected chi connectivity index (χ0v) is 17.1. The number of piperidine rings is 1. The number of amides is 2. The highest BCUT2D eigenvalue weighted by atomic mass is 16.5. The largest absolute Gasteiger partial charge is 0.383 e. The normalized spacial score (nSPS) is 21.5. The van der Waals surface area contributed by atoms with E-state index in [0.29, 0.717) is 39.1 Å². The monoisotopic (exact) mass is 400 g/mol. The molecule has 4 rings (SSSR count). The van der Waals surface area contributed by atoms with Gasteiger partial charge in [-0.1, -0.05) is 18.2 Å². The van der Waals surface area contributed by atoms with Crippen molar-refractivity contribution in [3.63, 3.8) is 0 Å². The fourth-order valence-electron chi connectivity index (χ4n) is 4.63. The molecule has 2 aliphatic rings. The van der Waals surface area contributed by atoms with Crippen LogP contribution in [0, 0.1) is 6.92 Å². The summed E-state index contributed by atoms with van der Waals surface area (Å²) in [5.74, 6) is -0.117. The first kappa shape index (κ1) is 19.9. The third kappa shape index (κ3) is 3.11. The molecule has 2 aromatic rings. The van der Waals surface area contributed by atoms with Gasteiger partial charge in [-0.3, -0.25) is 14.9 Å². The molecule has 2 aliphatic heterocycles. The molecule has 1 atom stereocenters. The second-order valence-electron chi connectivity index (χ2n) is 7.93. The van der Waals surface area contributed by atoms with Gasteiger partial charge >= 0.3 is 0 Å². The quantitative estimate of drug-likeness (QED) is 0.797. The number of para-hydroxylation sites is 1. The molecule has 0 aliphatic carbocycles. The lowest BCUT2D eigenvalue weighted by Gasteiger charge is -2.37. The third-order valence-electron chi connectivity index (χ3n) is 6.37. The lowest BCUT2D eigenvalue weighted by molar-refractivity contribution is -0.135. The average molecular weight is 400 g/mol. The van der Waals surface area contributed by atoms with Crippen molar-refractivity contribution in [1.29, 1.82) is 0 Å². The summed E-state index contributed by atoms with van der Waals surface area (Å²) in [6.07, 6.45) is 0.00600. The van der Waals surface area contributed by atoms with Gasteiger partial charge in [-0.05, 0) is 25.8 Å². The minimum Gasteiger partial charge on any atom is -0.383 e. The summed E-state index contributed by atoms with van der Waals surface area (Å²) in [5, 5.41) is 13.9. The number of ether oxygens (including phenoxy) is 1. The molecular formula is C21H28N4O4. The summed E-state index contributed by atoms with van der Waals surface area (Å²) in [6, 6.07) is 7.93. The average Bonchev–Trinajstić information content (AvgIpc) is 3.12. The number of hydrogen-bond acceptors (Lipinski definition) is 5. The summed E-state index contributed by atoms with van der Waals surface area (Å²) >= 11 is 0. The van der Waals surface area contributed by atoms with Crippen LogP contribution in [-0.4, -0.2) is 77.0 Å². The van der Waals surface area contributed by atoms with E-state index in [9.17, 15) is 14.7 Å². The van der Waals surface area contributed by atoms with Crippen molar-refractivity contribution in [1.82, 2.24) is 19.7 Å². The number of nitrogens with zero attached hydrogens (tertiary/aromatic N) is 3. The topological polar surface area (TPSA) is 87.0 Å². The van der Waals surface area contributed by atoms with Crippen molar-refractivity contribution < 1.29 is 19.4 Å². The Morgan fingerprint density at radius 2 is 2.00 bits per heavy atom. The Hall–Kier alpha value is -2.42. The number of rotatable bonds is 4. The highest BCUT2D eigenvalue weighted by Gasteiger charge is 2.51. The molecule has 0 radical (unpaired) electrons. The van der Waals surface area contributed by atoms with Gasteiger partial charge in [-0.25, -0.2) is 0 Å². The van der Waals surface area contributed by atoms with Crippen LogP contribution in [0.15, 0.2) is 24.3 Å². The first-order chi connectivity index (χ1) is 13.9. The van der Waals surface area contributed by atoms with E-state index in [0.717, 1.165) is 22.2 Å². The van der Waals surface area contributed by atoms with Gasteiger partial charge in [0.25, 0.3) is 5.91 Å². The number of likely N-dealkylation sites (N-methyl/N-ethyl adjacent to an activating group) is 1. The van der Waals surface area contributed by atoms with Gasteiger partial charge in [-0.2, -0.15) is 0 Å². The minimum absolute atomic E-state index is 0.0101. The molecule has 156 valence electrons. The molecule has 1 unspecified atom stereocenters. The number of aliphatic hydroxyl groups excluding tert-OH is 1. The number of carbonyl (C=O) groups is 2. The Labute approximate surface area is 170 Å². The van der Waals surface area contributed by atoms with Crippen molar-refractivity contribution in [2.75, 3.05) is 33.9 Å². The van der Waals surface area contributed by atoms with Gasteiger partial charge in [0, 0.05) is 50.4 Å². The Bertz CT molecular complexity index is 946. The van der Waals surface area contributed by atoms with E-state index in [1.165, 1.54) is 4.90 Å². The van der Waals surface area contributed by atoms with E-state index in [-0.39, 0.29) is 11.8 Å². The van der Waals surface area contributed by atoms with E-state index in [2.05, 4.69) is 9.88 Å². The third-order valence-corrected chi connectivity index (χ3v) is 6.37. The van der Waals surface area contributed by atoms with Crippen molar-refractivity contribution in [3.8, 4) is 0 Å². The number of methoxy groups -OCH3 is 1. The van der Waals surface area contributed by atoms with Gasteiger partial charge in [0.1, 0.15) is 5.54 Å². The predicted octanol–water partition coefficient (Wildman–Crippen LogP) is 0.908. The lowest BCUT2D eigenvalue weighted by Crippen LogP contribution is -2.56. The molecular weight excluding hydrogens is 372 g/mol. The molecule has 0 bridgehead atoms. The predicted molar refractivity (Wildman–Crippen MR) is 108 cm³/mol. The molecule has 2 N–H and O–H groups in total. The van der Waals surface area contributed by atoms with Crippen LogP contribution in [0.5, 0.6) is 0 Å². The molecule has 0 saturated carbocycles. The van der Waals surface area contributed by atoms with Gasteiger partial charge in [0.2, 0.25) is 5.91 Å². The molecule has 2 saturated heterocycles. The summed E-state index contributed by atoms with van der Waals surface area (Å²) < 4.78 is 7.37. The van der Waals surface area contributed by atoms with Crippen LogP contribution >= 0.6 is 0 Å². The molecule has 1 spiro atoms. The Morgan fingerprint density at radius 3 is 2.62 bits per heavy atom. The standard InChI is InChI=1S/C21H28N4O4/c1-14-17(15-6-4-5-7-16(15)25(14)12-13-29-3)18(26)24-10-8-21(9-11-24)19(27)23(2)20(28)22-21/h4-7,20,22,28H,8-13H2,1-3H3. The number of aliphatic hydroxyl groups is 1. The van der Waals surface area contributed by atoms with E-state index < -0.39 is 11.9 Å². The minimum atomic E-state index is -0.967. The number of carbonyl (C=O) groups excluding carboxylic acids is 2. The van der Waals surface area contributed by atoms with Gasteiger partial charge in [0.15, 0.2) is 6.35 Å². The van der Waals surface area contributed by atoms with Crippen LogP contribution < -0.4 is 5.32 Å². The smallest absolute Gasteiger partial charge is 0.256 e. The highest BCUT2D eigenvalue weighted by Crippen LogP contribution is 2.32. The van der Waals surface area contributed by atoms with Crippen LogP contribution in [0.2, 0.25) is 0 Å². The van der Waals surface area contributed by atoms with Crippen LogP contribution in [0.3, 0.4) is 0 Å². The molecule has 29 heavy (non-hydrogen) atoms. The maximum absolute atomic E-state index is 13.5. The van der Waals surface area contributed by atoms with E-state index in [1.807, 2.05) is 36.1 Å². The fraction of sp³-hybridized carbons (Fsp3) is 0.524. The maximum atomic E-state index is 13.5. The summed E-state index contributed by atoms with van der Waals surface area (Å²) in [4.78, 5) is 29.2. The number of nitrogens with one attached hydrogen (secondary N) is 1. The summed E-state index contributed by atoms with van der Waals surface area (Å²) in [7, 11) is 3.26. The molecule has 3 heterocycles. The first-order valence-corrected chi connectivity index (χ1v) is 9.99. The van der Waals surface area contributed by atoms with E-state index in [1.54, 1.807) is 14.2 Å². The maximum Gasteiger partial charge on any atom is 0.256 e. The van der Waals surface area contributed by atoms with Crippen molar-refractivity contribution in [3.05, 3.63) is 35.5 Å². The SMILES string of the molecule is COCCn1c(C)c(C(=O)N2CCC3(CC2)NC(O)N(C)C3=O)c2ccccc21. The lowest BCUT2D eigenvalue weighted by atomic mass is 9.87. The zero-order valence-electron chi connectivity index (χ0n) is 17.1.